The molecule has 80 valence electrons. The third-order valence-corrected chi connectivity index (χ3v) is 3.69. The van der Waals surface area contributed by atoms with Crippen molar-refractivity contribution >= 4 is 5.96 Å². The minimum atomic E-state index is -0.162. The van der Waals surface area contributed by atoms with Crippen molar-refractivity contribution in [3.63, 3.8) is 0 Å². The molecule has 2 aliphatic rings. The second-order valence-corrected chi connectivity index (χ2v) is 4.82. The molecule has 5 N–H and O–H groups in total. The Kier molecular flexibility index (Phi) is 1.97. The SMILES string of the molecule is CN1C[C@H]2[C@H](N)N=C(N)N[C@@H]2C1(C)C. The number of likely N-dealkylation sites (N-methyl/N-ethyl adjacent to an activating group) is 1. The van der Waals surface area contributed by atoms with E-state index < -0.39 is 0 Å². The Morgan fingerprint density at radius 1 is 1.57 bits per heavy atom. The van der Waals surface area contributed by atoms with Crippen LogP contribution in [0.15, 0.2) is 4.99 Å². The molecular formula is C9H19N5. The number of likely N-dealkylation sites (tertiary alicyclic amines) is 1. The maximum absolute atomic E-state index is 5.96. The zero-order valence-corrected chi connectivity index (χ0v) is 8.99. The molecule has 0 aromatic rings. The number of nitrogens with zero attached hydrogens (tertiary/aromatic N) is 2. The van der Waals surface area contributed by atoms with Crippen molar-refractivity contribution in [2.75, 3.05) is 13.6 Å². The Hall–Kier alpha value is -0.810. The molecule has 1 saturated heterocycles. The van der Waals surface area contributed by atoms with Gasteiger partial charge in [-0.25, -0.2) is 4.99 Å². The summed E-state index contributed by atoms with van der Waals surface area (Å²) in [6.45, 7) is 5.38. The maximum Gasteiger partial charge on any atom is 0.190 e. The Morgan fingerprint density at radius 3 is 2.86 bits per heavy atom. The van der Waals surface area contributed by atoms with Crippen LogP contribution in [-0.4, -0.2) is 42.2 Å². The number of guanidine groups is 1. The van der Waals surface area contributed by atoms with Gasteiger partial charge in [0.15, 0.2) is 5.96 Å². The Bertz CT molecular complexity index is 272. The fourth-order valence-corrected chi connectivity index (χ4v) is 2.46. The van der Waals surface area contributed by atoms with Crippen molar-refractivity contribution < 1.29 is 0 Å². The average Bonchev–Trinajstić information content (AvgIpc) is 2.28. The molecule has 0 spiro atoms. The first-order chi connectivity index (χ1) is 6.43. The third-order valence-electron chi connectivity index (χ3n) is 3.69. The highest BCUT2D eigenvalue weighted by molar-refractivity contribution is 5.79. The quantitative estimate of drug-likeness (QED) is 0.460. The number of rotatable bonds is 0. The van der Waals surface area contributed by atoms with Gasteiger partial charge in [-0.3, -0.25) is 4.90 Å². The topological polar surface area (TPSA) is 79.7 Å². The lowest BCUT2D eigenvalue weighted by atomic mass is 9.87. The van der Waals surface area contributed by atoms with Crippen LogP contribution in [0.4, 0.5) is 0 Å². The maximum atomic E-state index is 5.96. The van der Waals surface area contributed by atoms with Gasteiger partial charge in [0.05, 0.1) is 6.04 Å². The molecule has 2 rings (SSSR count). The Labute approximate surface area is 84.5 Å². The molecule has 0 bridgehead atoms. The van der Waals surface area contributed by atoms with Gasteiger partial charge >= 0.3 is 0 Å². The van der Waals surface area contributed by atoms with Crippen molar-refractivity contribution in [2.45, 2.75) is 31.6 Å². The molecule has 3 atom stereocenters. The second kappa shape index (κ2) is 2.84. The van der Waals surface area contributed by atoms with Crippen LogP contribution in [0.1, 0.15) is 13.8 Å². The summed E-state index contributed by atoms with van der Waals surface area (Å²) >= 11 is 0. The molecule has 0 radical (unpaired) electrons. The second-order valence-electron chi connectivity index (χ2n) is 4.82. The molecule has 1 fully saturated rings. The predicted molar refractivity (Wildman–Crippen MR) is 56.7 cm³/mol. The van der Waals surface area contributed by atoms with Gasteiger partial charge in [-0.15, -0.1) is 0 Å². The van der Waals surface area contributed by atoms with Crippen LogP contribution in [0.25, 0.3) is 0 Å². The molecule has 0 aromatic carbocycles. The molecule has 0 saturated carbocycles. The van der Waals surface area contributed by atoms with E-state index in [4.69, 9.17) is 11.5 Å². The van der Waals surface area contributed by atoms with Crippen LogP contribution in [-0.2, 0) is 0 Å². The highest BCUT2D eigenvalue weighted by Crippen LogP contribution is 2.34. The summed E-state index contributed by atoms with van der Waals surface area (Å²) in [4.78, 5) is 6.47. The van der Waals surface area contributed by atoms with E-state index in [0.717, 1.165) is 6.54 Å². The third kappa shape index (κ3) is 1.19. The van der Waals surface area contributed by atoms with E-state index in [1.165, 1.54) is 0 Å². The smallest absolute Gasteiger partial charge is 0.190 e. The van der Waals surface area contributed by atoms with Gasteiger partial charge in [0.25, 0.3) is 0 Å². The summed E-state index contributed by atoms with van der Waals surface area (Å²) in [7, 11) is 2.11. The molecule has 0 unspecified atom stereocenters. The van der Waals surface area contributed by atoms with Gasteiger partial charge in [0.1, 0.15) is 6.17 Å². The van der Waals surface area contributed by atoms with Crippen LogP contribution in [0.3, 0.4) is 0 Å². The first-order valence-electron chi connectivity index (χ1n) is 4.99. The fraction of sp³-hybridized carbons (Fsp3) is 0.889. The summed E-state index contributed by atoms with van der Waals surface area (Å²) < 4.78 is 0. The van der Waals surface area contributed by atoms with Crippen molar-refractivity contribution in [3.05, 3.63) is 0 Å². The predicted octanol–water partition coefficient (Wildman–Crippen LogP) is -1.10. The van der Waals surface area contributed by atoms with E-state index in [2.05, 4.69) is 36.1 Å². The van der Waals surface area contributed by atoms with Gasteiger partial charge < -0.3 is 16.8 Å². The number of hydrogen-bond donors (Lipinski definition) is 3. The van der Waals surface area contributed by atoms with E-state index in [1.54, 1.807) is 0 Å². The molecule has 0 amide bonds. The lowest BCUT2D eigenvalue weighted by molar-refractivity contribution is 0.193. The molecule has 14 heavy (non-hydrogen) atoms. The van der Waals surface area contributed by atoms with Gasteiger partial charge in [0.2, 0.25) is 0 Å². The van der Waals surface area contributed by atoms with Crippen LogP contribution >= 0.6 is 0 Å². The zero-order valence-electron chi connectivity index (χ0n) is 8.99. The summed E-state index contributed by atoms with van der Waals surface area (Å²) in [5.41, 5.74) is 11.7. The van der Waals surface area contributed by atoms with Crippen molar-refractivity contribution in [3.8, 4) is 0 Å². The van der Waals surface area contributed by atoms with E-state index >= 15 is 0 Å². The first kappa shape index (κ1) is 9.73. The number of aliphatic imine (C=N–C) groups is 1. The largest absolute Gasteiger partial charge is 0.370 e. The zero-order chi connectivity index (χ0) is 10.5. The lowest BCUT2D eigenvalue weighted by Crippen LogP contribution is -2.60. The number of hydrogen-bond acceptors (Lipinski definition) is 5. The normalized spacial score (nSPS) is 41.4. The molecule has 0 aliphatic carbocycles. The van der Waals surface area contributed by atoms with Crippen molar-refractivity contribution in [1.82, 2.24) is 10.2 Å². The van der Waals surface area contributed by atoms with Crippen LogP contribution in [0, 0.1) is 5.92 Å². The summed E-state index contributed by atoms with van der Waals surface area (Å²) in [6, 6.07) is 0.306. The van der Waals surface area contributed by atoms with Gasteiger partial charge in [-0.2, -0.15) is 0 Å². The van der Waals surface area contributed by atoms with Gasteiger partial charge in [0, 0.05) is 18.0 Å². The number of nitrogens with two attached hydrogens (primary N) is 2. The molecule has 2 aliphatic heterocycles. The average molecular weight is 197 g/mol. The van der Waals surface area contributed by atoms with Crippen molar-refractivity contribution in [2.24, 2.45) is 22.4 Å². The van der Waals surface area contributed by atoms with E-state index in [1.807, 2.05) is 0 Å². The highest BCUT2D eigenvalue weighted by Gasteiger charge is 2.49. The van der Waals surface area contributed by atoms with Crippen LogP contribution in [0.5, 0.6) is 0 Å². The number of nitrogens with one attached hydrogen (secondary N) is 1. The minimum Gasteiger partial charge on any atom is -0.370 e. The van der Waals surface area contributed by atoms with E-state index in [9.17, 15) is 0 Å². The standard InChI is InChI=1S/C9H19N5/c1-9(2)6-5(4-14(9)3)7(10)13-8(11)12-6/h5-7H,4,10H2,1-3H3,(H3,11,12,13)/t5-,6+,7-/m1/s1. The van der Waals surface area contributed by atoms with Gasteiger partial charge in [-0.05, 0) is 20.9 Å². The lowest BCUT2D eigenvalue weighted by Gasteiger charge is -2.37. The monoisotopic (exact) mass is 197 g/mol. The molecule has 5 nitrogen and oxygen atoms in total. The van der Waals surface area contributed by atoms with Crippen LogP contribution in [0.2, 0.25) is 0 Å². The Balaban J connectivity index is 2.29. The van der Waals surface area contributed by atoms with Crippen molar-refractivity contribution in [1.29, 1.82) is 0 Å². The first-order valence-corrected chi connectivity index (χ1v) is 4.99. The summed E-state index contributed by atoms with van der Waals surface area (Å²) in [6.07, 6.45) is -0.162. The molecule has 5 heteroatoms. The summed E-state index contributed by atoms with van der Waals surface area (Å²) in [5.74, 6) is 0.837. The van der Waals surface area contributed by atoms with Gasteiger partial charge in [-0.1, -0.05) is 0 Å². The van der Waals surface area contributed by atoms with E-state index in [-0.39, 0.29) is 11.7 Å². The summed E-state index contributed by atoms with van der Waals surface area (Å²) in [5, 5.41) is 3.24. The number of fused-ring (bicyclic) bond motifs is 1. The molecular weight excluding hydrogens is 178 g/mol. The minimum absolute atomic E-state index is 0.0862. The highest BCUT2D eigenvalue weighted by atomic mass is 15.3. The fourth-order valence-electron chi connectivity index (χ4n) is 2.46. The van der Waals surface area contributed by atoms with Crippen LogP contribution < -0.4 is 16.8 Å². The van der Waals surface area contributed by atoms with E-state index in [0.29, 0.717) is 17.9 Å². The molecule has 0 aromatic heterocycles. The molecule has 2 heterocycles. The Morgan fingerprint density at radius 2 is 2.21 bits per heavy atom.